The lowest BCUT2D eigenvalue weighted by molar-refractivity contribution is -0.141. The molecular weight excluding hydrogens is 363 g/mol. The normalized spacial score (nSPS) is 11.6. The molecule has 6 nitrogen and oxygen atoms in total. The summed E-state index contributed by atoms with van der Waals surface area (Å²) in [4.78, 5) is 12.4. The number of carbonyl (C=O) groups is 1. The van der Waals surface area contributed by atoms with Crippen molar-refractivity contribution >= 4 is 5.78 Å². The van der Waals surface area contributed by atoms with Gasteiger partial charge >= 0.3 is 6.18 Å². The summed E-state index contributed by atoms with van der Waals surface area (Å²) in [7, 11) is 0. The molecule has 142 valence electrons. The number of hydrogen-bond donors (Lipinski definition) is 0. The third-order valence-electron chi connectivity index (χ3n) is 4.04. The SMILES string of the molecule is Cc1cc(C(=O)COc2ccc(-c3nnco3)cc2)c(C)n1CC(F)(F)F. The summed E-state index contributed by atoms with van der Waals surface area (Å²) in [6.45, 7) is 1.62. The summed E-state index contributed by atoms with van der Waals surface area (Å²) >= 11 is 0. The number of carbonyl (C=O) groups excluding carboxylic acids is 1. The number of rotatable bonds is 6. The Morgan fingerprint density at radius 1 is 1.22 bits per heavy atom. The maximum atomic E-state index is 12.7. The largest absolute Gasteiger partial charge is 0.485 e. The van der Waals surface area contributed by atoms with Crippen molar-refractivity contribution < 1.29 is 27.1 Å². The molecule has 0 bridgehead atoms. The first-order valence-electron chi connectivity index (χ1n) is 8.00. The van der Waals surface area contributed by atoms with Crippen molar-refractivity contribution in [2.45, 2.75) is 26.6 Å². The van der Waals surface area contributed by atoms with Crippen molar-refractivity contribution in [3.63, 3.8) is 0 Å². The molecule has 0 saturated heterocycles. The fourth-order valence-electron chi connectivity index (χ4n) is 2.73. The predicted octanol–water partition coefficient (Wildman–Crippen LogP) is 3.98. The van der Waals surface area contributed by atoms with Crippen LogP contribution < -0.4 is 4.74 Å². The van der Waals surface area contributed by atoms with Crippen molar-refractivity contribution in [3.05, 3.63) is 53.7 Å². The zero-order chi connectivity index (χ0) is 19.6. The molecule has 3 aromatic rings. The number of Topliss-reactive ketones (excluding diaryl/α,β-unsaturated/α-hetero) is 1. The number of alkyl halides is 3. The average molecular weight is 379 g/mol. The van der Waals surface area contributed by atoms with Gasteiger partial charge in [-0.05, 0) is 44.2 Å². The minimum Gasteiger partial charge on any atom is -0.485 e. The monoisotopic (exact) mass is 379 g/mol. The lowest BCUT2D eigenvalue weighted by Gasteiger charge is -2.12. The van der Waals surface area contributed by atoms with Crippen molar-refractivity contribution in [2.75, 3.05) is 6.61 Å². The van der Waals surface area contributed by atoms with Crippen molar-refractivity contribution in [3.8, 4) is 17.2 Å². The average Bonchev–Trinajstić information content (AvgIpc) is 3.23. The molecule has 3 rings (SSSR count). The minimum atomic E-state index is -4.36. The highest BCUT2D eigenvalue weighted by atomic mass is 19.4. The van der Waals surface area contributed by atoms with Gasteiger partial charge in [0.25, 0.3) is 0 Å². The van der Waals surface area contributed by atoms with Gasteiger partial charge in [0.1, 0.15) is 12.3 Å². The molecular formula is C18H16F3N3O3. The summed E-state index contributed by atoms with van der Waals surface area (Å²) in [6.07, 6.45) is -3.14. The van der Waals surface area contributed by atoms with Gasteiger partial charge in [-0.25, -0.2) is 0 Å². The van der Waals surface area contributed by atoms with Crippen LogP contribution in [-0.4, -0.2) is 33.3 Å². The molecule has 2 heterocycles. The van der Waals surface area contributed by atoms with Gasteiger partial charge in [-0.1, -0.05) is 0 Å². The summed E-state index contributed by atoms with van der Waals surface area (Å²) < 4.78 is 49.6. The highest BCUT2D eigenvalue weighted by Crippen LogP contribution is 2.24. The zero-order valence-corrected chi connectivity index (χ0v) is 14.6. The van der Waals surface area contributed by atoms with Crippen LogP contribution in [0.4, 0.5) is 13.2 Å². The smallest absolute Gasteiger partial charge is 0.406 e. The van der Waals surface area contributed by atoms with E-state index in [1.807, 2.05) is 0 Å². The number of benzene rings is 1. The molecule has 9 heteroatoms. The van der Waals surface area contributed by atoms with E-state index in [0.717, 1.165) is 4.57 Å². The van der Waals surface area contributed by atoms with Crippen LogP contribution in [0.15, 0.2) is 41.1 Å². The highest BCUT2D eigenvalue weighted by molar-refractivity contribution is 5.98. The van der Waals surface area contributed by atoms with Crippen LogP contribution in [0.3, 0.4) is 0 Å². The van der Waals surface area contributed by atoms with E-state index in [9.17, 15) is 18.0 Å². The first-order chi connectivity index (χ1) is 12.7. The van der Waals surface area contributed by atoms with E-state index in [4.69, 9.17) is 9.15 Å². The molecule has 0 aliphatic carbocycles. The number of aromatic nitrogens is 3. The van der Waals surface area contributed by atoms with E-state index in [0.29, 0.717) is 22.9 Å². The van der Waals surface area contributed by atoms with Gasteiger partial charge in [0.05, 0.1) is 0 Å². The summed E-state index contributed by atoms with van der Waals surface area (Å²) in [6, 6.07) is 8.12. The van der Waals surface area contributed by atoms with Crippen LogP contribution in [0.1, 0.15) is 21.7 Å². The van der Waals surface area contributed by atoms with Crippen LogP contribution in [-0.2, 0) is 6.54 Å². The van der Waals surface area contributed by atoms with Crippen LogP contribution in [0.25, 0.3) is 11.5 Å². The van der Waals surface area contributed by atoms with E-state index >= 15 is 0 Å². The number of ether oxygens (including phenoxy) is 1. The maximum Gasteiger partial charge on any atom is 0.406 e. The molecule has 0 unspecified atom stereocenters. The molecule has 2 aromatic heterocycles. The molecule has 0 radical (unpaired) electrons. The standard InChI is InChI=1S/C18H16F3N3O3/c1-11-7-15(12(2)24(11)9-18(19,20)21)16(25)8-26-14-5-3-13(4-6-14)17-23-22-10-27-17/h3-7,10H,8-9H2,1-2H3. The maximum absolute atomic E-state index is 12.7. The molecule has 0 atom stereocenters. The molecule has 0 aliphatic rings. The van der Waals surface area contributed by atoms with Gasteiger partial charge in [0, 0.05) is 22.5 Å². The molecule has 0 N–H and O–H groups in total. The quantitative estimate of drug-likeness (QED) is 0.606. The van der Waals surface area contributed by atoms with Gasteiger partial charge in [0.2, 0.25) is 18.1 Å². The third-order valence-corrected chi connectivity index (χ3v) is 4.04. The van der Waals surface area contributed by atoms with Crippen LogP contribution in [0, 0.1) is 13.8 Å². The summed E-state index contributed by atoms with van der Waals surface area (Å²) in [5.74, 6) is 0.406. The second-order valence-electron chi connectivity index (χ2n) is 5.97. The number of ketones is 1. The Morgan fingerprint density at radius 2 is 1.93 bits per heavy atom. The minimum absolute atomic E-state index is 0.222. The third kappa shape index (κ3) is 4.36. The van der Waals surface area contributed by atoms with Crippen molar-refractivity contribution in [2.24, 2.45) is 0 Å². The fraction of sp³-hybridized carbons (Fsp3) is 0.278. The summed E-state index contributed by atoms with van der Waals surface area (Å²) in [5, 5.41) is 7.37. The summed E-state index contributed by atoms with van der Waals surface area (Å²) in [5.41, 5.74) is 1.56. The van der Waals surface area contributed by atoms with Crippen LogP contribution in [0.5, 0.6) is 5.75 Å². The molecule has 0 fully saturated rings. The van der Waals surface area contributed by atoms with Crippen LogP contribution >= 0.6 is 0 Å². The zero-order valence-electron chi connectivity index (χ0n) is 14.6. The Balaban J connectivity index is 1.67. The molecule has 27 heavy (non-hydrogen) atoms. The number of halogens is 3. The second-order valence-corrected chi connectivity index (χ2v) is 5.97. The predicted molar refractivity (Wildman–Crippen MR) is 89.5 cm³/mol. The van der Waals surface area contributed by atoms with Gasteiger partial charge in [-0.2, -0.15) is 13.2 Å². The second kappa shape index (κ2) is 7.26. The Labute approximate surface area is 152 Å². The Hall–Kier alpha value is -3.10. The van der Waals surface area contributed by atoms with E-state index in [1.54, 1.807) is 24.3 Å². The fourth-order valence-corrected chi connectivity index (χ4v) is 2.73. The van der Waals surface area contributed by atoms with E-state index in [-0.39, 0.29) is 17.9 Å². The molecule has 0 amide bonds. The lowest BCUT2D eigenvalue weighted by Crippen LogP contribution is -2.20. The molecule has 0 aliphatic heterocycles. The van der Waals surface area contributed by atoms with Gasteiger partial charge in [-0.3, -0.25) is 4.79 Å². The molecule has 0 spiro atoms. The molecule has 0 saturated carbocycles. The number of aryl methyl sites for hydroxylation is 1. The number of hydrogen-bond acceptors (Lipinski definition) is 5. The van der Waals surface area contributed by atoms with Crippen molar-refractivity contribution in [1.82, 2.24) is 14.8 Å². The van der Waals surface area contributed by atoms with Gasteiger partial charge < -0.3 is 13.7 Å². The van der Waals surface area contributed by atoms with Gasteiger partial charge in [0.15, 0.2) is 6.61 Å². The first-order valence-corrected chi connectivity index (χ1v) is 8.00. The Morgan fingerprint density at radius 3 is 2.52 bits per heavy atom. The number of nitrogens with zero attached hydrogens (tertiary/aromatic N) is 3. The van der Waals surface area contributed by atoms with Gasteiger partial charge in [-0.15, -0.1) is 10.2 Å². The van der Waals surface area contributed by atoms with Crippen molar-refractivity contribution in [1.29, 1.82) is 0 Å². The van der Waals surface area contributed by atoms with Crippen LogP contribution in [0.2, 0.25) is 0 Å². The lowest BCUT2D eigenvalue weighted by atomic mass is 10.1. The Bertz CT molecular complexity index is 929. The first kappa shape index (κ1) is 18.7. The van der Waals surface area contributed by atoms with E-state index in [1.165, 1.54) is 26.3 Å². The van der Waals surface area contributed by atoms with E-state index < -0.39 is 18.5 Å². The molecule has 1 aromatic carbocycles. The Kier molecular flexibility index (Phi) is 5.02. The highest BCUT2D eigenvalue weighted by Gasteiger charge is 2.30. The van der Waals surface area contributed by atoms with E-state index in [2.05, 4.69) is 10.2 Å². The topological polar surface area (TPSA) is 70.2 Å².